The van der Waals surface area contributed by atoms with Crippen LogP contribution in [0.5, 0.6) is 0 Å². The minimum Gasteiger partial charge on any atom is -0.361 e. The standard InChI is InChI=1S/C16H17N3O5S/c1-11-10-14(17-24-11)16(21)19-9-3-8-18(19)15(20)12-4-6-13(7-5-12)25(2,22)23/h4-7,10H,3,8-9H2,1-2H3. The lowest BCUT2D eigenvalue weighted by molar-refractivity contribution is 0.0180. The van der Waals surface area contributed by atoms with Gasteiger partial charge in [0.1, 0.15) is 5.76 Å². The van der Waals surface area contributed by atoms with Crippen molar-refractivity contribution in [2.24, 2.45) is 0 Å². The zero-order chi connectivity index (χ0) is 18.2. The molecule has 3 rings (SSSR count). The summed E-state index contributed by atoms with van der Waals surface area (Å²) in [4.78, 5) is 25.4. The lowest BCUT2D eigenvalue weighted by Gasteiger charge is -2.27. The zero-order valence-corrected chi connectivity index (χ0v) is 14.6. The summed E-state index contributed by atoms with van der Waals surface area (Å²) < 4.78 is 27.9. The average Bonchev–Trinajstić information content (AvgIpc) is 3.22. The molecule has 8 nitrogen and oxygen atoms in total. The molecule has 0 saturated carbocycles. The van der Waals surface area contributed by atoms with Crippen LogP contribution in [-0.4, -0.2) is 54.8 Å². The van der Waals surface area contributed by atoms with Crippen molar-refractivity contribution in [3.8, 4) is 0 Å². The van der Waals surface area contributed by atoms with Crippen molar-refractivity contribution in [1.29, 1.82) is 0 Å². The summed E-state index contributed by atoms with van der Waals surface area (Å²) in [6, 6.07) is 7.17. The van der Waals surface area contributed by atoms with E-state index in [9.17, 15) is 18.0 Å². The maximum absolute atomic E-state index is 12.7. The fraction of sp³-hybridized carbons (Fsp3) is 0.312. The second kappa shape index (κ2) is 6.32. The molecule has 1 aromatic carbocycles. The molecule has 0 unspecified atom stereocenters. The van der Waals surface area contributed by atoms with Crippen LogP contribution in [0.3, 0.4) is 0 Å². The molecule has 0 bridgehead atoms. The van der Waals surface area contributed by atoms with Crippen LogP contribution >= 0.6 is 0 Å². The normalized spacial score (nSPS) is 14.8. The van der Waals surface area contributed by atoms with Gasteiger partial charge in [-0.1, -0.05) is 5.16 Å². The SMILES string of the molecule is Cc1cc(C(=O)N2CCCN2C(=O)c2ccc(S(C)(=O)=O)cc2)no1. The third-order valence-corrected chi connectivity index (χ3v) is 5.01. The maximum Gasteiger partial charge on any atom is 0.294 e. The molecular weight excluding hydrogens is 346 g/mol. The molecule has 0 radical (unpaired) electrons. The number of benzene rings is 1. The number of amides is 2. The molecule has 25 heavy (non-hydrogen) atoms. The number of carbonyl (C=O) groups is 2. The van der Waals surface area contributed by atoms with Gasteiger partial charge >= 0.3 is 0 Å². The van der Waals surface area contributed by atoms with E-state index in [1.807, 2.05) is 0 Å². The Balaban J connectivity index is 1.82. The fourth-order valence-electron chi connectivity index (χ4n) is 2.63. The summed E-state index contributed by atoms with van der Waals surface area (Å²) in [6.07, 6.45) is 1.75. The molecular formula is C16H17N3O5S. The van der Waals surface area contributed by atoms with E-state index in [0.29, 0.717) is 30.8 Å². The second-order valence-corrected chi connectivity index (χ2v) is 7.85. The molecule has 2 heterocycles. The van der Waals surface area contributed by atoms with Crippen molar-refractivity contribution < 1.29 is 22.5 Å². The summed E-state index contributed by atoms with van der Waals surface area (Å²) in [5, 5.41) is 6.38. The van der Waals surface area contributed by atoms with E-state index in [1.54, 1.807) is 6.92 Å². The van der Waals surface area contributed by atoms with E-state index in [4.69, 9.17) is 4.52 Å². The molecule has 0 atom stereocenters. The van der Waals surface area contributed by atoms with Crippen molar-refractivity contribution >= 4 is 21.7 Å². The van der Waals surface area contributed by atoms with E-state index in [1.165, 1.54) is 40.3 Å². The number of carbonyl (C=O) groups excluding carboxylic acids is 2. The number of sulfone groups is 1. The first-order chi connectivity index (χ1) is 11.8. The average molecular weight is 363 g/mol. The summed E-state index contributed by atoms with van der Waals surface area (Å²) in [5.74, 6) is -0.265. The van der Waals surface area contributed by atoms with Crippen molar-refractivity contribution in [2.45, 2.75) is 18.2 Å². The predicted molar refractivity (Wildman–Crippen MR) is 87.5 cm³/mol. The highest BCUT2D eigenvalue weighted by molar-refractivity contribution is 7.90. The van der Waals surface area contributed by atoms with Crippen molar-refractivity contribution in [3.05, 3.63) is 47.3 Å². The molecule has 1 aromatic heterocycles. The molecule has 0 aliphatic carbocycles. The van der Waals surface area contributed by atoms with Gasteiger partial charge in [0.05, 0.1) is 4.90 Å². The zero-order valence-electron chi connectivity index (χ0n) is 13.8. The van der Waals surface area contributed by atoms with Gasteiger partial charge in [-0.3, -0.25) is 9.59 Å². The highest BCUT2D eigenvalue weighted by Crippen LogP contribution is 2.19. The Morgan fingerprint density at radius 2 is 1.68 bits per heavy atom. The number of hydrazine groups is 1. The summed E-state index contributed by atoms with van der Waals surface area (Å²) >= 11 is 0. The Kier molecular flexibility index (Phi) is 4.34. The highest BCUT2D eigenvalue weighted by atomic mass is 32.2. The lowest BCUT2D eigenvalue weighted by atomic mass is 10.2. The Hall–Kier alpha value is -2.68. The second-order valence-electron chi connectivity index (χ2n) is 5.83. The van der Waals surface area contributed by atoms with Crippen LogP contribution < -0.4 is 0 Å². The van der Waals surface area contributed by atoms with E-state index in [2.05, 4.69) is 5.16 Å². The minimum atomic E-state index is -3.33. The molecule has 1 aliphatic rings. The summed E-state index contributed by atoms with van der Waals surface area (Å²) in [5.41, 5.74) is 0.452. The molecule has 0 N–H and O–H groups in total. The number of nitrogens with zero attached hydrogens (tertiary/aromatic N) is 3. The number of aromatic nitrogens is 1. The van der Waals surface area contributed by atoms with E-state index in [-0.39, 0.29) is 16.5 Å². The fourth-order valence-corrected chi connectivity index (χ4v) is 3.26. The van der Waals surface area contributed by atoms with Gasteiger partial charge in [0.25, 0.3) is 11.8 Å². The van der Waals surface area contributed by atoms with Gasteiger partial charge in [0, 0.05) is 31.0 Å². The minimum absolute atomic E-state index is 0.136. The topological polar surface area (TPSA) is 101 Å². The van der Waals surface area contributed by atoms with Crippen LogP contribution in [0.1, 0.15) is 33.0 Å². The number of rotatable bonds is 3. The van der Waals surface area contributed by atoms with Gasteiger partial charge in [-0.25, -0.2) is 18.4 Å². The van der Waals surface area contributed by atoms with E-state index < -0.39 is 15.7 Å². The molecule has 1 saturated heterocycles. The van der Waals surface area contributed by atoms with Gasteiger partial charge in [0.2, 0.25) is 0 Å². The first-order valence-electron chi connectivity index (χ1n) is 7.64. The van der Waals surface area contributed by atoms with Crippen molar-refractivity contribution in [3.63, 3.8) is 0 Å². The van der Waals surface area contributed by atoms with Crippen molar-refractivity contribution in [1.82, 2.24) is 15.2 Å². The van der Waals surface area contributed by atoms with Crippen LogP contribution in [0.25, 0.3) is 0 Å². The van der Waals surface area contributed by atoms with Crippen LogP contribution in [0.4, 0.5) is 0 Å². The summed E-state index contributed by atoms with van der Waals surface area (Å²) in [7, 11) is -3.33. The lowest BCUT2D eigenvalue weighted by Crippen LogP contribution is -2.45. The quantitative estimate of drug-likeness (QED) is 0.814. The van der Waals surface area contributed by atoms with Crippen LogP contribution in [0.2, 0.25) is 0 Å². The largest absolute Gasteiger partial charge is 0.361 e. The number of hydrogen-bond donors (Lipinski definition) is 0. The molecule has 132 valence electrons. The van der Waals surface area contributed by atoms with Gasteiger partial charge in [0.15, 0.2) is 15.5 Å². The molecule has 0 spiro atoms. The first-order valence-corrected chi connectivity index (χ1v) is 9.53. The smallest absolute Gasteiger partial charge is 0.294 e. The Morgan fingerprint density at radius 3 is 2.20 bits per heavy atom. The third-order valence-electron chi connectivity index (χ3n) is 3.88. The number of aryl methyl sites for hydroxylation is 1. The molecule has 9 heteroatoms. The molecule has 2 amide bonds. The Bertz CT molecular complexity index is 918. The number of hydrogen-bond acceptors (Lipinski definition) is 6. The molecule has 1 aliphatic heterocycles. The van der Waals surface area contributed by atoms with Crippen LogP contribution in [0.15, 0.2) is 39.8 Å². The van der Waals surface area contributed by atoms with Crippen LogP contribution in [0, 0.1) is 6.92 Å². The monoisotopic (exact) mass is 363 g/mol. The molecule has 2 aromatic rings. The third kappa shape index (κ3) is 3.41. The first kappa shape index (κ1) is 17.2. The maximum atomic E-state index is 12.7. The highest BCUT2D eigenvalue weighted by Gasteiger charge is 2.33. The van der Waals surface area contributed by atoms with Gasteiger partial charge in [-0.05, 0) is 37.6 Å². The van der Waals surface area contributed by atoms with Gasteiger partial charge in [-0.15, -0.1) is 0 Å². The van der Waals surface area contributed by atoms with Gasteiger partial charge in [-0.2, -0.15) is 0 Å². The van der Waals surface area contributed by atoms with Gasteiger partial charge < -0.3 is 4.52 Å². The van der Waals surface area contributed by atoms with Crippen LogP contribution in [-0.2, 0) is 9.84 Å². The Morgan fingerprint density at radius 1 is 1.08 bits per heavy atom. The van der Waals surface area contributed by atoms with E-state index in [0.717, 1.165) is 6.26 Å². The van der Waals surface area contributed by atoms with E-state index >= 15 is 0 Å². The Labute approximate surface area is 144 Å². The summed E-state index contributed by atoms with van der Waals surface area (Å²) in [6.45, 7) is 2.48. The molecule has 1 fully saturated rings. The van der Waals surface area contributed by atoms with Crippen molar-refractivity contribution in [2.75, 3.05) is 19.3 Å². The predicted octanol–water partition coefficient (Wildman–Crippen LogP) is 1.29.